The molecule has 1 amide bonds. The fourth-order valence-electron chi connectivity index (χ4n) is 2.30. The van der Waals surface area contributed by atoms with Gasteiger partial charge in [0, 0.05) is 23.8 Å². The summed E-state index contributed by atoms with van der Waals surface area (Å²) in [4.78, 5) is 23.1. The van der Waals surface area contributed by atoms with Gasteiger partial charge in [0.15, 0.2) is 0 Å². The number of morpholine rings is 1. The minimum atomic E-state index is -0.258. The number of anilines is 2. The Balaban J connectivity index is 1.76. The van der Waals surface area contributed by atoms with E-state index in [0.717, 1.165) is 23.1 Å². The highest BCUT2D eigenvalue weighted by Gasteiger charge is 2.16. The van der Waals surface area contributed by atoms with Crippen molar-refractivity contribution in [2.24, 2.45) is 0 Å². The van der Waals surface area contributed by atoms with Crippen LogP contribution in [0.5, 0.6) is 0 Å². The number of carbonyl (C=O) groups is 1. The van der Waals surface area contributed by atoms with E-state index in [0.29, 0.717) is 30.5 Å². The van der Waals surface area contributed by atoms with Crippen molar-refractivity contribution in [2.45, 2.75) is 6.92 Å². The van der Waals surface area contributed by atoms with Gasteiger partial charge in [-0.05, 0) is 46.6 Å². The monoisotopic (exact) mass is 376 g/mol. The van der Waals surface area contributed by atoms with Crippen molar-refractivity contribution in [1.82, 2.24) is 9.97 Å². The van der Waals surface area contributed by atoms with Crippen LogP contribution in [-0.4, -0.2) is 42.2 Å². The molecule has 6 nitrogen and oxygen atoms in total. The van der Waals surface area contributed by atoms with E-state index in [4.69, 9.17) is 4.74 Å². The van der Waals surface area contributed by atoms with Crippen LogP contribution < -0.4 is 10.2 Å². The molecule has 0 spiro atoms. The standard InChI is InChI=1S/C16H17BrN4O2/c1-11-2-3-13(12(17)10-11)19-15(22)14-4-5-18-16(20-14)21-6-8-23-9-7-21/h2-5,10H,6-9H2,1H3,(H,19,22). The fraction of sp³-hybridized carbons (Fsp3) is 0.312. The van der Waals surface area contributed by atoms with E-state index >= 15 is 0 Å². The molecule has 120 valence electrons. The Hall–Kier alpha value is -1.99. The Morgan fingerprint density at radius 1 is 1.30 bits per heavy atom. The predicted octanol–water partition coefficient (Wildman–Crippen LogP) is 2.64. The highest BCUT2D eigenvalue weighted by Crippen LogP contribution is 2.24. The average molecular weight is 377 g/mol. The number of hydrogen-bond acceptors (Lipinski definition) is 5. The molecule has 1 N–H and O–H groups in total. The third-order valence-electron chi connectivity index (χ3n) is 3.54. The fourth-order valence-corrected chi connectivity index (χ4v) is 2.89. The second-order valence-electron chi connectivity index (χ2n) is 5.28. The average Bonchev–Trinajstić information content (AvgIpc) is 2.58. The minimum Gasteiger partial charge on any atom is -0.378 e. The van der Waals surface area contributed by atoms with Gasteiger partial charge in [-0.15, -0.1) is 0 Å². The number of nitrogens with one attached hydrogen (secondary N) is 1. The van der Waals surface area contributed by atoms with E-state index in [1.807, 2.05) is 30.0 Å². The van der Waals surface area contributed by atoms with Crippen molar-refractivity contribution < 1.29 is 9.53 Å². The van der Waals surface area contributed by atoms with Gasteiger partial charge in [-0.2, -0.15) is 0 Å². The quantitative estimate of drug-likeness (QED) is 0.891. The third-order valence-corrected chi connectivity index (χ3v) is 4.20. The number of ether oxygens (including phenoxy) is 1. The van der Waals surface area contributed by atoms with Gasteiger partial charge < -0.3 is 15.0 Å². The smallest absolute Gasteiger partial charge is 0.274 e. The Bertz CT molecular complexity index is 717. The molecule has 3 rings (SSSR count). The Morgan fingerprint density at radius 3 is 2.83 bits per heavy atom. The highest BCUT2D eigenvalue weighted by atomic mass is 79.9. The summed E-state index contributed by atoms with van der Waals surface area (Å²) < 4.78 is 6.16. The van der Waals surface area contributed by atoms with E-state index in [1.165, 1.54) is 0 Å². The van der Waals surface area contributed by atoms with Gasteiger partial charge in [0.2, 0.25) is 5.95 Å². The molecular formula is C16H17BrN4O2. The molecule has 0 atom stereocenters. The summed E-state index contributed by atoms with van der Waals surface area (Å²) in [7, 11) is 0. The lowest BCUT2D eigenvalue weighted by Crippen LogP contribution is -2.37. The van der Waals surface area contributed by atoms with Crippen LogP contribution in [0.2, 0.25) is 0 Å². The summed E-state index contributed by atoms with van der Waals surface area (Å²) in [6.45, 7) is 4.75. The molecule has 0 bridgehead atoms. The zero-order chi connectivity index (χ0) is 16.2. The van der Waals surface area contributed by atoms with Crippen molar-refractivity contribution in [1.29, 1.82) is 0 Å². The number of aryl methyl sites for hydroxylation is 1. The van der Waals surface area contributed by atoms with Gasteiger partial charge >= 0.3 is 0 Å². The van der Waals surface area contributed by atoms with Crippen LogP contribution in [0.15, 0.2) is 34.9 Å². The molecular weight excluding hydrogens is 360 g/mol. The predicted molar refractivity (Wildman–Crippen MR) is 91.9 cm³/mol. The van der Waals surface area contributed by atoms with Crippen molar-refractivity contribution in [3.8, 4) is 0 Å². The topological polar surface area (TPSA) is 67.4 Å². The SMILES string of the molecule is Cc1ccc(NC(=O)c2ccnc(N3CCOCC3)n2)c(Br)c1. The molecule has 1 aromatic heterocycles. The molecule has 0 saturated carbocycles. The second-order valence-corrected chi connectivity index (χ2v) is 6.13. The van der Waals surface area contributed by atoms with Crippen LogP contribution >= 0.6 is 15.9 Å². The largest absolute Gasteiger partial charge is 0.378 e. The van der Waals surface area contributed by atoms with Crippen LogP contribution in [-0.2, 0) is 4.74 Å². The summed E-state index contributed by atoms with van der Waals surface area (Å²) in [5, 5.41) is 2.86. The number of hydrogen-bond donors (Lipinski definition) is 1. The summed E-state index contributed by atoms with van der Waals surface area (Å²) >= 11 is 3.46. The molecule has 1 aliphatic heterocycles. The second kappa shape index (κ2) is 7.06. The molecule has 0 radical (unpaired) electrons. The number of halogens is 1. The number of rotatable bonds is 3. The van der Waals surface area contributed by atoms with Crippen LogP contribution in [0.1, 0.15) is 16.1 Å². The maximum absolute atomic E-state index is 12.4. The van der Waals surface area contributed by atoms with Gasteiger partial charge in [0.25, 0.3) is 5.91 Å². The molecule has 2 heterocycles. The molecule has 0 aliphatic carbocycles. The van der Waals surface area contributed by atoms with E-state index in [9.17, 15) is 4.79 Å². The molecule has 1 aromatic carbocycles. The normalized spacial score (nSPS) is 14.6. The van der Waals surface area contributed by atoms with E-state index in [-0.39, 0.29) is 5.91 Å². The molecule has 2 aromatic rings. The summed E-state index contributed by atoms with van der Waals surface area (Å²) in [6, 6.07) is 7.37. The Morgan fingerprint density at radius 2 is 2.09 bits per heavy atom. The van der Waals surface area contributed by atoms with Gasteiger partial charge in [-0.25, -0.2) is 9.97 Å². The molecule has 1 saturated heterocycles. The first-order chi connectivity index (χ1) is 11.1. The van der Waals surface area contributed by atoms with Crippen LogP contribution in [0.3, 0.4) is 0 Å². The summed E-state index contributed by atoms with van der Waals surface area (Å²) in [5.74, 6) is 0.301. The van der Waals surface area contributed by atoms with Crippen molar-refractivity contribution in [2.75, 3.05) is 36.5 Å². The van der Waals surface area contributed by atoms with Gasteiger partial charge in [-0.1, -0.05) is 6.07 Å². The number of carbonyl (C=O) groups excluding carboxylic acids is 1. The van der Waals surface area contributed by atoms with E-state index in [1.54, 1.807) is 12.3 Å². The Kier molecular flexibility index (Phi) is 4.88. The zero-order valence-electron chi connectivity index (χ0n) is 12.8. The number of nitrogens with zero attached hydrogens (tertiary/aromatic N) is 3. The van der Waals surface area contributed by atoms with Gasteiger partial charge in [0.1, 0.15) is 5.69 Å². The minimum absolute atomic E-state index is 0.258. The first-order valence-corrected chi connectivity index (χ1v) is 8.16. The lowest BCUT2D eigenvalue weighted by atomic mass is 10.2. The number of amides is 1. The first-order valence-electron chi connectivity index (χ1n) is 7.37. The highest BCUT2D eigenvalue weighted by molar-refractivity contribution is 9.10. The zero-order valence-corrected chi connectivity index (χ0v) is 14.3. The number of benzene rings is 1. The maximum atomic E-state index is 12.4. The molecule has 7 heteroatoms. The first kappa shape index (κ1) is 15.9. The van der Waals surface area contributed by atoms with Gasteiger partial charge in [-0.3, -0.25) is 4.79 Å². The van der Waals surface area contributed by atoms with Crippen molar-refractivity contribution >= 4 is 33.5 Å². The summed E-state index contributed by atoms with van der Waals surface area (Å²) in [6.07, 6.45) is 1.61. The maximum Gasteiger partial charge on any atom is 0.274 e. The number of aromatic nitrogens is 2. The van der Waals surface area contributed by atoms with Crippen molar-refractivity contribution in [3.63, 3.8) is 0 Å². The molecule has 1 aliphatic rings. The van der Waals surface area contributed by atoms with E-state index < -0.39 is 0 Å². The molecule has 23 heavy (non-hydrogen) atoms. The lowest BCUT2D eigenvalue weighted by Gasteiger charge is -2.26. The van der Waals surface area contributed by atoms with Crippen LogP contribution in [0, 0.1) is 6.92 Å². The van der Waals surface area contributed by atoms with Crippen LogP contribution in [0.25, 0.3) is 0 Å². The lowest BCUT2D eigenvalue weighted by molar-refractivity contribution is 0.102. The third kappa shape index (κ3) is 3.86. The Labute approximate surface area is 143 Å². The van der Waals surface area contributed by atoms with Gasteiger partial charge in [0.05, 0.1) is 18.9 Å². The summed E-state index contributed by atoms with van der Waals surface area (Å²) in [5.41, 5.74) is 2.17. The molecule has 1 fully saturated rings. The van der Waals surface area contributed by atoms with Crippen LogP contribution in [0.4, 0.5) is 11.6 Å². The van der Waals surface area contributed by atoms with E-state index in [2.05, 4.69) is 31.2 Å². The molecule has 0 unspecified atom stereocenters. The van der Waals surface area contributed by atoms with Crippen molar-refractivity contribution in [3.05, 3.63) is 46.2 Å².